The molecule has 5 heteroatoms. The van der Waals surface area contributed by atoms with E-state index >= 15 is 0 Å². The van der Waals surface area contributed by atoms with Crippen LogP contribution < -0.4 is 11.1 Å². The minimum Gasteiger partial charge on any atom is -0.330 e. The monoisotopic (exact) mass is 352 g/mol. The van der Waals surface area contributed by atoms with Gasteiger partial charge < -0.3 is 11.1 Å². The number of carbonyl (C=O) groups excluding carboxylic acids is 1. The number of anilines is 1. The van der Waals surface area contributed by atoms with Gasteiger partial charge in [-0.05, 0) is 58.7 Å². The van der Waals surface area contributed by atoms with E-state index < -0.39 is 0 Å². The molecule has 104 valence electrons. The molecule has 0 aliphatic carbocycles. The molecule has 3 nitrogen and oxygen atoms in total. The Morgan fingerprint density at radius 1 is 1.25 bits per heavy atom. The van der Waals surface area contributed by atoms with E-state index in [1.165, 1.54) is 0 Å². The lowest BCUT2D eigenvalue weighted by Crippen LogP contribution is -2.16. The van der Waals surface area contributed by atoms with Gasteiger partial charge in [-0.25, -0.2) is 0 Å². The molecule has 0 heterocycles. The van der Waals surface area contributed by atoms with Crippen molar-refractivity contribution in [3.8, 4) is 0 Å². The fourth-order valence-electron chi connectivity index (χ4n) is 1.90. The second-order valence-corrected chi connectivity index (χ2v) is 5.56. The van der Waals surface area contributed by atoms with E-state index in [9.17, 15) is 4.79 Å². The number of nitrogens with one attached hydrogen (secondary N) is 1. The number of amides is 1. The van der Waals surface area contributed by atoms with Crippen LogP contribution in [0.1, 0.15) is 15.9 Å². The molecule has 0 radical (unpaired) electrons. The van der Waals surface area contributed by atoms with Gasteiger partial charge in [0.15, 0.2) is 0 Å². The number of hydrogen-bond acceptors (Lipinski definition) is 2. The zero-order valence-corrected chi connectivity index (χ0v) is 13.0. The van der Waals surface area contributed by atoms with Gasteiger partial charge in [-0.3, -0.25) is 4.79 Å². The second kappa shape index (κ2) is 6.88. The van der Waals surface area contributed by atoms with Gasteiger partial charge in [-0.1, -0.05) is 29.8 Å². The van der Waals surface area contributed by atoms with Gasteiger partial charge in [-0.15, -0.1) is 0 Å². The molecule has 2 aromatic rings. The van der Waals surface area contributed by atoms with Gasteiger partial charge >= 0.3 is 0 Å². The molecule has 0 saturated carbocycles. The van der Waals surface area contributed by atoms with E-state index in [-0.39, 0.29) is 5.91 Å². The lowest BCUT2D eigenvalue weighted by molar-refractivity contribution is 0.102. The van der Waals surface area contributed by atoms with Crippen molar-refractivity contribution in [1.82, 2.24) is 0 Å². The van der Waals surface area contributed by atoms with Crippen molar-refractivity contribution in [2.75, 3.05) is 11.9 Å². The van der Waals surface area contributed by atoms with Gasteiger partial charge in [0.1, 0.15) is 0 Å². The lowest BCUT2D eigenvalue weighted by atomic mass is 10.0. The predicted octanol–water partition coefficient (Wildman–Crippen LogP) is 3.86. The molecule has 0 aliphatic rings. The van der Waals surface area contributed by atoms with E-state index in [4.69, 9.17) is 17.3 Å². The number of benzene rings is 2. The minimum absolute atomic E-state index is 0.155. The molecule has 0 unspecified atom stereocenters. The summed E-state index contributed by atoms with van der Waals surface area (Å²) in [6.45, 7) is 0.509. The van der Waals surface area contributed by atoms with E-state index in [0.29, 0.717) is 29.2 Å². The highest BCUT2D eigenvalue weighted by molar-refractivity contribution is 9.10. The Kier molecular flexibility index (Phi) is 5.17. The summed E-state index contributed by atoms with van der Waals surface area (Å²) in [4.78, 5) is 12.3. The Bertz CT molecular complexity index is 631. The fourth-order valence-corrected chi connectivity index (χ4v) is 2.68. The molecule has 20 heavy (non-hydrogen) atoms. The first-order valence-corrected chi connectivity index (χ1v) is 7.33. The van der Waals surface area contributed by atoms with E-state index in [2.05, 4.69) is 21.2 Å². The van der Waals surface area contributed by atoms with Gasteiger partial charge in [-0.2, -0.15) is 0 Å². The molecule has 3 N–H and O–H groups in total. The van der Waals surface area contributed by atoms with Gasteiger partial charge in [0, 0.05) is 15.1 Å². The second-order valence-electron chi connectivity index (χ2n) is 4.27. The summed E-state index contributed by atoms with van der Waals surface area (Å²) in [5, 5.41) is 3.48. The van der Waals surface area contributed by atoms with Crippen molar-refractivity contribution in [2.24, 2.45) is 5.73 Å². The third-order valence-electron chi connectivity index (χ3n) is 2.85. The van der Waals surface area contributed by atoms with Crippen LogP contribution in [0, 0.1) is 0 Å². The van der Waals surface area contributed by atoms with Crippen LogP contribution >= 0.6 is 27.5 Å². The van der Waals surface area contributed by atoms with Crippen LogP contribution in [-0.4, -0.2) is 12.5 Å². The molecule has 0 aromatic heterocycles. The van der Waals surface area contributed by atoms with Crippen molar-refractivity contribution in [3.63, 3.8) is 0 Å². The summed E-state index contributed by atoms with van der Waals surface area (Å²) in [6, 6.07) is 12.7. The largest absolute Gasteiger partial charge is 0.330 e. The molecule has 0 aliphatic heterocycles. The maximum absolute atomic E-state index is 12.3. The Labute approximate surface area is 131 Å². The van der Waals surface area contributed by atoms with E-state index in [1.807, 2.05) is 18.2 Å². The molecule has 0 saturated heterocycles. The molecule has 1 amide bonds. The number of nitrogens with two attached hydrogens (primary N) is 1. The van der Waals surface area contributed by atoms with Gasteiger partial charge in [0.2, 0.25) is 0 Å². The standard InChI is InChI=1S/C15H14BrClN2O/c16-13-9-11(17)5-6-14(13)19-15(20)12-4-2-1-3-10(12)7-8-18/h1-6,9H,7-8,18H2,(H,19,20). The highest BCUT2D eigenvalue weighted by Gasteiger charge is 2.12. The average Bonchev–Trinajstić information content (AvgIpc) is 2.43. The lowest BCUT2D eigenvalue weighted by Gasteiger charge is -2.11. The minimum atomic E-state index is -0.155. The fraction of sp³-hybridized carbons (Fsp3) is 0.133. The highest BCUT2D eigenvalue weighted by atomic mass is 79.9. The summed E-state index contributed by atoms with van der Waals surface area (Å²) in [6.07, 6.45) is 0.672. The first-order chi connectivity index (χ1) is 9.61. The van der Waals surface area contributed by atoms with Crippen LogP contribution in [0.3, 0.4) is 0 Å². The smallest absolute Gasteiger partial charge is 0.255 e. The molecule has 2 rings (SSSR count). The predicted molar refractivity (Wildman–Crippen MR) is 86.3 cm³/mol. The Balaban J connectivity index is 2.24. The molecular formula is C15H14BrClN2O. The third kappa shape index (κ3) is 3.60. The van der Waals surface area contributed by atoms with Gasteiger partial charge in [0.25, 0.3) is 5.91 Å². The summed E-state index contributed by atoms with van der Waals surface area (Å²) in [5.74, 6) is -0.155. The van der Waals surface area contributed by atoms with Crippen molar-refractivity contribution in [1.29, 1.82) is 0 Å². The summed E-state index contributed by atoms with van der Waals surface area (Å²) in [7, 11) is 0. The molecule has 0 atom stereocenters. The first-order valence-electron chi connectivity index (χ1n) is 6.16. The molecule has 0 fully saturated rings. The zero-order valence-electron chi connectivity index (χ0n) is 10.7. The number of carbonyl (C=O) groups is 1. The van der Waals surface area contributed by atoms with Crippen LogP contribution in [0.5, 0.6) is 0 Å². The quantitative estimate of drug-likeness (QED) is 0.877. The van der Waals surface area contributed by atoms with Crippen molar-refractivity contribution < 1.29 is 4.79 Å². The maximum atomic E-state index is 12.3. The molecule has 2 aromatic carbocycles. The summed E-state index contributed by atoms with van der Waals surface area (Å²) in [5.41, 5.74) is 7.83. The van der Waals surface area contributed by atoms with Crippen molar-refractivity contribution in [2.45, 2.75) is 6.42 Å². The Morgan fingerprint density at radius 3 is 2.70 bits per heavy atom. The van der Waals surface area contributed by atoms with Crippen LogP contribution in [0.4, 0.5) is 5.69 Å². The van der Waals surface area contributed by atoms with E-state index in [1.54, 1.807) is 24.3 Å². The highest BCUT2D eigenvalue weighted by Crippen LogP contribution is 2.26. The molecule has 0 bridgehead atoms. The van der Waals surface area contributed by atoms with Crippen LogP contribution in [-0.2, 0) is 6.42 Å². The third-order valence-corrected chi connectivity index (χ3v) is 3.75. The van der Waals surface area contributed by atoms with Crippen LogP contribution in [0.15, 0.2) is 46.9 Å². The Morgan fingerprint density at radius 2 is 2.00 bits per heavy atom. The molecule has 0 spiro atoms. The van der Waals surface area contributed by atoms with Crippen LogP contribution in [0.2, 0.25) is 5.02 Å². The van der Waals surface area contributed by atoms with Gasteiger partial charge in [0.05, 0.1) is 5.69 Å². The Hall–Kier alpha value is -1.36. The number of rotatable bonds is 4. The van der Waals surface area contributed by atoms with Crippen molar-refractivity contribution >= 4 is 39.1 Å². The molecular weight excluding hydrogens is 340 g/mol. The topological polar surface area (TPSA) is 55.1 Å². The normalized spacial score (nSPS) is 10.3. The number of hydrogen-bond donors (Lipinski definition) is 2. The zero-order chi connectivity index (χ0) is 14.5. The maximum Gasteiger partial charge on any atom is 0.255 e. The SMILES string of the molecule is NCCc1ccccc1C(=O)Nc1ccc(Cl)cc1Br. The average molecular weight is 354 g/mol. The number of halogens is 2. The van der Waals surface area contributed by atoms with Crippen molar-refractivity contribution in [3.05, 3.63) is 63.1 Å². The first kappa shape index (κ1) is 15.0. The summed E-state index contributed by atoms with van der Waals surface area (Å²) >= 11 is 9.26. The van der Waals surface area contributed by atoms with E-state index in [0.717, 1.165) is 10.0 Å². The van der Waals surface area contributed by atoms with Crippen LogP contribution in [0.25, 0.3) is 0 Å². The summed E-state index contributed by atoms with van der Waals surface area (Å²) < 4.78 is 0.745.